The highest BCUT2D eigenvalue weighted by Gasteiger charge is 2.20. The molecule has 0 N–H and O–H groups in total. The number of hydrogen-bond donors (Lipinski definition) is 0. The highest BCUT2D eigenvalue weighted by Crippen LogP contribution is 2.30. The van der Waals surface area contributed by atoms with Gasteiger partial charge in [0, 0.05) is 29.2 Å². The summed E-state index contributed by atoms with van der Waals surface area (Å²) in [4.78, 5) is 18.7. The lowest BCUT2D eigenvalue weighted by atomic mass is 10.1. The zero-order chi connectivity index (χ0) is 21.2. The Balaban J connectivity index is 1.94. The maximum atomic E-state index is 12.5. The van der Waals surface area contributed by atoms with Crippen LogP contribution in [0.15, 0.2) is 48.7 Å². The van der Waals surface area contributed by atoms with Crippen LogP contribution < -0.4 is 4.90 Å². The summed E-state index contributed by atoms with van der Waals surface area (Å²) in [6.07, 6.45) is 1.55. The molecule has 0 radical (unpaired) electrons. The average Bonchev–Trinajstić information content (AvgIpc) is 2.63. The predicted molar refractivity (Wildman–Crippen MR) is 120 cm³/mol. The van der Waals surface area contributed by atoms with Gasteiger partial charge in [-0.2, -0.15) is 0 Å². The largest absolute Gasteiger partial charge is 0.459 e. The van der Waals surface area contributed by atoms with E-state index < -0.39 is 5.60 Å². The third kappa shape index (κ3) is 5.40. The number of para-hydroxylation sites is 1. The molecule has 0 aliphatic heterocycles. The summed E-state index contributed by atoms with van der Waals surface area (Å²) in [7, 11) is 0. The summed E-state index contributed by atoms with van der Waals surface area (Å²) in [6.45, 7) is 8.28. The second kappa shape index (κ2) is 8.60. The van der Waals surface area contributed by atoms with E-state index in [1.165, 1.54) is 0 Å². The predicted octanol–water partition coefficient (Wildman–Crippen LogP) is 6.20. The van der Waals surface area contributed by atoms with E-state index in [9.17, 15) is 4.79 Å². The van der Waals surface area contributed by atoms with E-state index in [2.05, 4.69) is 4.98 Å². The van der Waals surface area contributed by atoms with Crippen LogP contribution in [0.4, 0.5) is 5.69 Å². The Kier molecular flexibility index (Phi) is 6.35. The van der Waals surface area contributed by atoms with E-state index >= 15 is 0 Å². The minimum absolute atomic E-state index is 0.141. The molecule has 3 aromatic rings. The number of nitrogens with zero attached hydrogens (tertiary/aromatic N) is 2. The lowest BCUT2D eigenvalue weighted by Gasteiger charge is -2.28. The number of anilines is 1. The van der Waals surface area contributed by atoms with Crippen LogP contribution in [-0.4, -0.2) is 23.1 Å². The van der Waals surface area contributed by atoms with Gasteiger partial charge in [0.05, 0.1) is 5.02 Å². The molecule has 0 aliphatic carbocycles. The SMILES string of the molecule is Cc1ccccc1N(CC(=O)OC(C)(C)C)Cc1ccc2c(Cl)cnc(Cl)c2c1. The van der Waals surface area contributed by atoms with E-state index in [-0.39, 0.29) is 12.5 Å². The molecular weight excluding hydrogens is 407 g/mol. The van der Waals surface area contributed by atoms with E-state index in [1.807, 2.05) is 75.1 Å². The highest BCUT2D eigenvalue weighted by atomic mass is 35.5. The van der Waals surface area contributed by atoms with E-state index in [0.717, 1.165) is 27.6 Å². The number of esters is 1. The molecule has 1 heterocycles. The number of fused-ring (bicyclic) bond motifs is 1. The Morgan fingerprint density at radius 1 is 1.10 bits per heavy atom. The fraction of sp³-hybridized carbons (Fsp3) is 0.304. The zero-order valence-corrected chi connectivity index (χ0v) is 18.5. The first-order valence-electron chi connectivity index (χ1n) is 9.39. The van der Waals surface area contributed by atoms with E-state index in [1.54, 1.807) is 6.20 Å². The van der Waals surface area contributed by atoms with Gasteiger partial charge in [0.25, 0.3) is 0 Å². The molecule has 0 aliphatic rings. The Morgan fingerprint density at radius 2 is 1.83 bits per heavy atom. The number of aryl methyl sites for hydroxylation is 1. The van der Waals surface area contributed by atoms with E-state index in [0.29, 0.717) is 16.7 Å². The van der Waals surface area contributed by atoms with Crippen LogP contribution in [-0.2, 0) is 16.1 Å². The van der Waals surface area contributed by atoms with Crippen molar-refractivity contribution in [3.8, 4) is 0 Å². The number of hydrogen-bond acceptors (Lipinski definition) is 4. The summed E-state index contributed by atoms with van der Waals surface area (Å²) in [6, 6.07) is 13.9. The van der Waals surface area contributed by atoms with Gasteiger partial charge >= 0.3 is 5.97 Å². The van der Waals surface area contributed by atoms with Gasteiger partial charge in [-0.1, -0.05) is 53.5 Å². The molecule has 0 atom stereocenters. The molecule has 0 spiro atoms. The quantitative estimate of drug-likeness (QED) is 0.356. The highest BCUT2D eigenvalue weighted by molar-refractivity contribution is 6.39. The van der Waals surface area contributed by atoms with Crippen molar-refractivity contribution in [1.82, 2.24) is 4.98 Å². The van der Waals surface area contributed by atoms with Crippen molar-refractivity contribution in [3.05, 3.63) is 70.0 Å². The molecule has 0 fully saturated rings. The summed E-state index contributed by atoms with van der Waals surface area (Å²) in [5.74, 6) is -0.274. The topological polar surface area (TPSA) is 42.4 Å². The molecule has 0 bridgehead atoms. The van der Waals surface area contributed by atoms with Gasteiger partial charge in [0.2, 0.25) is 0 Å². The number of rotatable bonds is 5. The Bertz CT molecular complexity index is 1040. The number of aromatic nitrogens is 1. The van der Waals surface area contributed by atoms with Crippen LogP contribution in [0, 0.1) is 6.92 Å². The number of benzene rings is 2. The van der Waals surface area contributed by atoms with Crippen molar-refractivity contribution < 1.29 is 9.53 Å². The fourth-order valence-corrected chi connectivity index (χ4v) is 3.63. The second-order valence-electron chi connectivity index (χ2n) is 8.01. The first kappa shape index (κ1) is 21.4. The number of pyridine rings is 1. The molecular formula is C23H24Cl2N2O2. The Morgan fingerprint density at radius 3 is 2.52 bits per heavy atom. The van der Waals surface area contributed by atoms with Crippen molar-refractivity contribution in [2.24, 2.45) is 0 Å². The molecule has 152 valence electrons. The monoisotopic (exact) mass is 430 g/mol. The summed E-state index contributed by atoms with van der Waals surface area (Å²) in [5, 5.41) is 2.60. The summed E-state index contributed by atoms with van der Waals surface area (Å²) >= 11 is 12.5. The van der Waals surface area contributed by atoms with Crippen LogP contribution in [0.2, 0.25) is 10.2 Å². The number of ether oxygens (including phenoxy) is 1. The van der Waals surface area contributed by atoms with Gasteiger partial charge in [-0.15, -0.1) is 0 Å². The Hall–Kier alpha value is -2.30. The molecule has 0 saturated heterocycles. The first-order chi connectivity index (χ1) is 13.6. The standard InChI is InChI=1S/C23H24Cl2N2O2/c1-15-7-5-6-8-20(15)27(14-21(28)29-23(2,3)4)13-16-9-10-17-18(11-16)22(25)26-12-19(17)24/h5-12H,13-14H2,1-4H3. The lowest BCUT2D eigenvalue weighted by Crippen LogP contribution is -2.35. The maximum absolute atomic E-state index is 12.5. The Labute approximate surface area is 181 Å². The third-order valence-electron chi connectivity index (χ3n) is 4.42. The molecule has 4 nitrogen and oxygen atoms in total. The lowest BCUT2D eigenvalue weighted by molar-refractivity contribution is -0.153. The van der Waals surface area contributed by atoms with Crippen molar-refractivity contribution in [2.75, 3.05) is 11.4 Å². The van der Waals surface area contributed by atoms with Gasteiger partial charge in [0.1, 0.15) is 17.3 Å². The normalized spacial score (nSPS) is 11.5. The fourth-order valence-electron chi connectivity index (χ4n) is 3.22. The van der Waals surface area contributed by atoms with Crippen LogP contribution in [0.25, 0.3) is 10.8 Å². The van der Waals surface area contributed by atoms with E-state index in [4.69, 9.17) is 27.9 Å². The van der Waals surface area contributed by atoms with Gasteiger partial charge in [-0.05, 0) is 51.0 Å². The minimum Gasteiger partial charge on any atom is -0.459 e. The van der Waals surface area contributed by atoms with Gasteiger partial charge < -0.3 is 9.64 Å². The molecule has 0 unspecified atom stereocenters. The van der Waals surface area contributed by atoms with Gasteiger partial charge in [-0.3, -0.25) is 4.79 Å². The van der Waals surface area contributed by atoms with Crippen LogP contribution >= 0.6 is 23.2 Å². The summed E-state index contributed by atoms with van der Waals surface area (Å²) in [5.41, 5.74) is 2.52. The smallest absolute Gasteiger partial charge is 0.326 e. The molecule has 0 saturated carbocycles. The molecule has 2 aromatic carbocycles. The van der Waals surface area contributed by atoms with Crippen molar-refractivity contribution in [3.63, 3.8) is 0 Å². The van der Waals surface area contributed by atoms with Gasteiger partial charge in [-0.25, -0.2) is 4.98 Å². The molecule has 29 heavy (non-hydrogen) atoms. The maximum Gasteiger partial charge on any atom is 0.326 e. The minimum atomic E-state index is -0.534. The van der Waals surface area contributed by atoms with Crippen molar-refractivity contribution in [1.29, 1.82) is 0 Å². The summed E-state index contributed by atoms with van der Waals surface area (Å²) < 4.78 is 5.54. The number of halogens is 2. The van der Waals surface area contributed by atoms with Crippen LogP contribution in [0.3, 0.4) is 0 Å². The third-order valence-corrected chi connectivity index (χ3v) is 5.03. The van der Waals surface area contributed by atoms with Crippen molar-refractivity contribution >= 4 is 45.6 Å². The van der Waals surface area contributed by atoms with Gasteiger partial charge in [0.15, 0.2) is 0 Å². The molecule has 6 heteroatoms. The number of carbonyl (C=O) groups is 1. The van der Waals surface area contributed by atoms with Crippen LogP contribution in [0.1, 0.15) is 31.9 Å². The zero-order valence-electron chi connectivity index (χ0n) is 17.0. The average molecular weight is 431 g/mol. The molecule has 1 aromatic heterocycles. The van der Waals surface area contributed by atoms with Crippen molar-refractivity contribution in [2.45, 2.75) is 39.8 Å². The number of carbonyl (C=O) groups excluding carboxylic acids is 1. The van der Waals surface area contributed by atoms with Crippen LogP contribution in [0.5, 0.6) is 0 Å². The molecule has 0 amide bonds. The molecule has 3 rings (SSSR count). The second-order valence-corrected chi connectivity index (χ2v) is 8.77. The first-order valence-corrected chi connectivity index (χ1v) is 10.1.